The molecule has 1 aromatic rings. The van der Waals surface area contributed by atoms with Crippen LogP contribution in [0.3, 0.4) is 0 Å². The lowest BCUT2D eigenvalue weighted by Gasteiger charge is -2.24. The number of nitrogens with zero attached hydrogens (tertiary/aromatic N) is 2. The molecule has 21 heavy (non-hydrogen) atoms. The molecule has 1 rings (SSSR count). The minimum absolute atomic E-state index is 0.151. The fourth-order valence-electron chi connectivity index (χ4n) is 1.57. The molecule has 0 saturated carbocycles. The van der Waals surface area contributed by atoms with E-state index in [1.807, 2.05) is 0 Å². The summed E-state index contributed by atoms with van der Waals surface area (Å²) in [6.45, 7) is 1.72. The van der Waals surface area contributed by atoms with Crippen molar-refractivity contribution in [1.29, 1.82) is 0 Å². The molecule has 2 atom stereocenters. The van der Waals surface area contributed by atoms with Gasteiger partial charge in [-0.3, -0.25) is 14.3 Å². The average molecular weight is 317 g/mol. The Morgan fingerprint density at radius 2 is 2.19 bits per heavy atom. The van der Waals surface area contributed by atoms with Crippen molar-refractivity contribution in [2.75, 3.05) is 24.4 Å². The number of urea groups is 1. The summed E-state index contributed by atoms with van der Waals surface area (Å²) >= 11 is 0. The van der Waals surface area contributed by atoms with Crippen LogP contribution in [0.25, 0.3) is 0 Å². The summed E-state index contributed by atoms with van der Waals surface area (Å²) in [5.41, 5.74) is -0.545. The van der Waals surface area contributed by atoms with Gasteiger partial charge in [-0.1, -0.05) is 0 Å². The number of anilines is 1. The minimum atomic E-state index is -1.06. The van der Waals surface area contributed by atoms with E-state index in [2.05, 4.69) is 5.32 Å². The van der Waals surface area contributed by atoms with E-state index in [0.717, 1.165) is 18.2 Å². The molecule has 0 aliphatic rings. The number of benzene rings is 1. The molecular formula is C12H16FN3O4S. The normalized spacial score (nSPS) is 13.3. The first kappa shape index (κ1) is 17.0. The molecule has 116 valence electrons. The molecule has 0 radical (unpaired) electrons. The van der Waals surface area contributed by atoms with Crippen LogP contribution < -0.4 is 5.32 Å². The highest BCUT2D eigenvalue weighted by molar-refractivity contribution is 7.84. The lowest BCUT2D eigenvalue weighted by atomic mass is 10.2. The first-order valence-electron chi connectivity index (χ1n) is 6.00. The molecular weight excluding hydrogens is 301 g/mol. The van der Waals surface area contributed by atoms with Crippen LogP contribution in [-0.2, 0) is 10.8 Å². The van der Waals surface area contributed by atoms with E-state index < -0.39 is 33.3 Å². The van der Waals surface area contributed by atoms with Gasteiger partial charge >= 0.3 is 6.03 Å². The van der Waals surface area contributed by atoms with E-state index in [9.17, 15) is 23.5 Å². The number of non-ortho nitro benzene ring substituents is 1. The number of hydrogen-bond acceptors (Lipinski definition) is 4. The lowest BCUT2D eigenvalue weighted by Crippen LogP contribution is -2.41. The van der Waals surface area contributed by atoms with Crippen molar-refractivity contribution in [1.82, 2.24) is 4.90 Å². The number of nitro benzene ring substituents is 1. The quantitative estimate of drug-likeness (QED) is 0.663. The van der Waals surface area contributed by atoms with Gasteiger partial charge < -0.3 is 10.2 Å². The van der Waals surface area contributed by atoms with Crippen molar-refractivity contribution >= 4 is 28.2 Å². The molecule has 0 aliphatic carbocycles. The van der Waals surface area contributed by atoms with Crippen molar-refractivity contribution in [3.8, 4) is 0 Å². The summed E-state index contributed by atoms with van der Waals surface area (Å²) in [6, 6.07) is 2.09. The van der Waals surface area contributed by atoms with E-state index in [-0.39, 0.29) is 11.7 Å². The van der Waals surface area contributed by atoms with Gasteiger partial charge in [0.2, 0.25) is 0 Å². The van der Waals surface area contributed by atoms with Gasteiger partial charge in [0.25, 0.3) is 5.69 Å². The number of halogens is 1. The van der Waals surface area contributed by atoms with E-state index in [0.29, 0.717) is 5.75 Å². The number of nitrogens with one attached hydrogen (secondary N) is 1. The summed E-state index contributed by atoms with van der Waals surface area (Å²) in [5, 5.41) is 12.8. The molecule has 7 nitrogen and oxygen atoms in total. The van der Waals surface area contributed by atoms with Crippen LogP contribution in [0.15, 0.2) is 18.2 Å². The van der Waals surface area contributed by atoms with Gasteiger partial charge in [-0.05, 0) is 13.0 Å². The predicted molar refractivity (Wildman–Crippen MR) is 78.2 cm³/mol. The molecule has 2 amide bonds. The zero-order chi connectivity index (χ0) is 16.2. The molecule has 1 aromatic carbocycles. The van der Waals surface area contributed by atoms with Crippen LogP contribution in [0.1, 0.15) is 6.92 Å². The van der Waals surface area contributed by atoms with Crippen molar-refractivity contribution in [3.05, 3.63) is 34.1 Å². The van der Waals surface area contributed by atoms with E-state index >= 15 is 0 Å². The number of hydrogen-bond donors (Lipinski definition) is 1. The monoisotopic (exact) mass is 317 g/mol. The van der Waals surface area contributed by atoms with Crippen LogP contribution in [0, 0.1) is 15.9 Å². The van der Waals surface area contributed by atoms with Crippen LogP contribution >= 0.6 is 0 Å². The molecule has 0 aromatic heterocycles. The van der Waals surface area contributed by atoms with Gasteiger partial charge in [0, 0.05) is 42.0 Å². The number of carbonyl (C=O) groups is 1. The minimum Gasteiger partial charge on any atom is -0.324 e. The number of rotatable bonds is 5. The largest absolute Gasteiger partial charge is 0.324 e. The van der Waals surface area contributed by atoms with Crippen molar-refractivity contribution in [2.45, 2.75) is 13.0 Å². The smallest absolute Gasteiger partial charge is 0.321 e. The topological polar surface area (TPSA) is 92.6 Å². The Morgan fingerprint density at radius 3 is 2.67 bits per heavy atom. The Bertz CT molecular complexity index is 582. The molecule has 0 aliphatic heterocycles. The average Bonchev–Trinajstić information content (AvgIpc) is 2.38. The third-order valence-corrected chi connectivity index (χ3v) is 3.81. The van der Waals surface area contributed by atoms with Crippen LogP contribution in [0.4, 0.5) is 20.6 Å². The molecule has 0 unspecified atom stereocenters. The summed E-state index contributed by atoms with van der Waals surface area (Å²) in [7, 11) is 0.433. The van der Waals surface area contributed by atoms with E-state index in [1.165, 1.54) is 18.2 Å². The maximum Gasteiger partial charge on any atom is 0.321 e. The van der Waals surface area contributed by atoms with Crippen LogP contribution in [0.2, 0.25) is 0 Å². The van der Waals surface area contributed by atoms with Gasteiger partial charge in [0.1, 0.15) is 0 Å². The molecule has 0 bridgehead atoms. The molecule has 0 heterocycles. The molecule has 0 spiro atoms. The van der Waals surface area contributed by atoms with Crippen LogP contribution in [-0.4, -0.2) is 45.2 Å². The Morgan fingerprint density at radius 1 is 1.57 bits per heavy atom. The molecule has 0 saturated heterocycles. The maximum absolute atomic E-state index is 13.7. The summed E-state index contributed by atoms with van der Waals surface area (Å²) in [5.74, 6) is -0.593. The maximum atomic E-state index is 13.7. The number of amides is 2. The van der Waals surface area contributed by atoms with Crippen molar-refractivity contribution < 1.29 is 18.3 Å². The van der Waals surface area contributed by atoms with Gasteiger partial charge in [0.05, 0.1) is 16.7 Å². The zero-order valence-corrected chi connectivity index (χ0v) is 12.6. The lowest BCUT2D eigenvalue weighted by molar-refractivity contribution is -0.385. The molecule has 9 heteroatoms. The Hall–Kier alpha value is -2.03. The first-order valence-corrected chi connectivity index (χ1v) is 7.73. The second-order valence-electron chi connectivity index (χ2n) is 4.55. The SMILES string of the molecule is C[C@H](C[S@](C)=O)N(C)C(=O)Nc1ccc([N+](=O)[O-])cc1F. The van der Waals surface area contributed by atoms with Crippen LogP contribution in [0.5, 0.6) is 0 Å². The highest BCUT2D eigenvalue weighted by Crippen LogP contribution is 2.20. The Kier molecular flexibility index (Phi) is 5.77. The summed E-state index contributed by atoms with van der Waals surface area (Å²) < 4.78 is 24.8. The standard InChI is InChI=1S/C12H16FN3O4S/c1-8(7-21(3)20)15(2)12(17)14-11-5-4-9(16(18)19)6-10(11)13/h4-6,8H,7H2,1-3H3,(H,14,17)/t8-,21+/m1/s1. The van der Waals surface area contributed by atoms with Gasteiger partial charge in [-0.15, -0.1) is 0 Å². The van der Waals surface area contributed by atoms with E-state index in [1.54, 1.807) is 6.92 Å². The third kappa shape index (κ3) is 4.78. The number of carbonyl (C=O) groups excluding carboxylic acids is 1. The van der Waals surface area contributed by atoms with Crippen molar-refractivity contribution in [2.24, 2.45) is 0 Å². The number of nitro groups is 1. The molecule has 1 N–H and O–H groups in total. The highest BCUT2D eigenvalue weighted by atomic mass is 32.2. The zero-order valence-electron chi connectivity index (χ0n) is 11.8. The fraction of sp³-hybridized carbons (Fsp3) is 0.417. The second-order valence-corrected chi connectivity index (χ2v) is 6.03. The van der Waals surface area contributed by atoms with Crippen molar-refractivity contribution in [3.63, 3.8) is 0 Å². The Balaban J connectivity index is 2.79. The predicted octanol–water partition coefficient (Wildman–Crippen LogP) is 1.96. The fourth-order valence-corrected chi connectivity index (χ4v) is 2.48. The van der Waals surface area contributed by atoms with Gasteiger partial charge in [0.15, 0.2) is 5.82 Å². The first-order chi connectivity index (χ1) is 9.72. The van der Waals surface area contributed by atoms with Gasteiger partial charge in [-0.2, -0.15) is 0 Å². The third-order valence-electron chi connectivity index (χ3n) is 2.86. The summed E-state index contributed by atoms with van der Waals surface area (Å²) in [4.78, 5) is 23.0. The van der Waals surface area contributed by atoms with E-state index in [4.69, 9.17) is 0 Å². The van der Waals surface area contributed by atoms with Gasteiger partial charge in [-0.25, -0.2) is 9.18 Å². The highest BCUT2D eigenvalue weighted by Gasteiger charge is 2.19. The summed E-state index contributed by atoms with van der Waals surface area (Å²) in [6.07, 6.45) is 1.53. The second kappa shape index (κ2) is 7.11. The molecule has 0 fully saturated rings. The Labute approximate surface area is 123 Å².